The molecule has 0 N–H and O–H groups in total. The van der Waals surface area contributed by atoms with Crippen molar-refractivity contribution in [2.45, 2.75) is 15.9 Å². The van der Waals surface area contributed by atoms with E-state index in [1.54, 1.807) is 7.11 Å². The summed E-state index contributed by atoms with van der Waals surface area (Å²) in [5.74, 6) is 1.46. The van der Waals surface area contributed by atoms with Gasteiger partial charge in [0, 0.05) is 17.0 Å². The number of ether oxygens (including phenoxy) is 2. The molecular formula is C23H18Cl2O2. The van der Waals surface area contributed by atoms with Crippen LogP contribution in [0.2, 0.25) is 0 Å². The molecule has 0 spiro atoms. The fourth-order valence-corrected chi connectivity index (χ4v) is 5.52. The molecule has 5 rings (SSSR count). The van der Waals surface area contributed by atoms with Gasteiger partial charge in [-0.15, -0.1) is 0 Å². The van der Waals surface area contributed by atoms with E-state index in [0.717, 1.165) is 22.6 Å². The summed E-state index contributed by atoms with van der Waals surface area (Å²) in [5, 5.41) is 0. The molecule has 136 valence electrons. The lowest BCUT2D eigenvalue weighted by molar-refractivity contribution is 0.134. The summed E-state index contributed by atoms with van der Waals surface area (Å²) in [4.78, 5) is 0. The number of hydrogen-bond donors (Lipinski definition) is 0. The number of hydrogen-bond acceptors (Lipinski definition) is 2. The third-order valence-corrected chi connectivity index (χ3v) is 6.80. The molecule has 4 heteroatoms. The highest BCUT2D eigenvalue weighted by Gasteiger charge is 2.84. The Bertz CT molecular complexity index is 1000. The highest BCUT2D eigenvalue weighted by Crippen LogP contribution is 2.78. The molecule has 1 fully saturated rings. The monoisotopic (exact) mass is 396 g/mol. The van der Waals surface area contributed by atoms with Crippen molar-refractivity contribution in [3.05, 3.63) is 95.6 Å². The summed E-state index contributed by atoms with van der Waals surface area (Å²) in [7, 11) is 1.66. The van der Waals surface area contributed by atoms with Crippen molar-refractivity contribution in [1.29, 1.82) is 0 Å². The van der Waals surface area contributed by atoms with Crippen LogP contribution in [0.15, 0.2) is 78.9 Å². The van der Waals surface area contributed by atoms with Crippen LogP contribution in [0, 0.1) is 5.92 Å². The van der Waals surface area contributed by atoms with Crippen LogP contribution in [0.5, 0.6) is 11.5 Å². The SMILES string of the molecule is COc1ccccc1[C@@]12Oc3ccccc3[C@@H](c3ccccc3)[C@H]1C2(Cl)Cl. The van der Waals surface area contributed by atoms with E-state index in [2.05, 4.69) is 18.2 Å². The molecule has 0 bridgehead atoms. The van der Waals surface area contributed by atoms with Crippen LogP contribution >= 0.6 is 23.2 Å². The minimum atomic E-state index is -1.07. The summed E-state index contributed by atoms with van der Waals surface area (Å²) in [5.41, 5.74) is 2.33. The van der Waals surface area contributed by atoms with Gasteiger partial charge in [-0.2, -0.15) is 0 Å². The van der Waals surface area contributed by atoms with Crippen molar-refractivity contribution >= 4 is 23.2 Å². The van der Waals surface area contributed by atoms with E-state index >= 15 is 0 Å². The Balaban J connectivity index is 1.76. The molecule has 1 heterocycles. The van der Waals surface area contributed by atoms with Crippen LogP contribution in [0.3, 0.4) is 0 Å². The fourth-order valence-electron chi connectivity index (χ4n) is 4.55. The van der Waals surface area contributed by atoms with Gasteiger partial charge in [-0.05, 0) is 17.7 Å². The Hall–Kier alpha value is -2.16. The molecule has 1 aliphatic heterocycles. The lowest BCUT2D eigenvalue weighted by Crippen LogP contribution is -2.29. The van der Waals surface area contributed by atoms with Crippen LogP contribution in [0.1, 0.15) is 22.6 Å². The summed E-state index contributed by atoms with van der Waals surface area (Å²) >= 11 is 13.9. The molecular weight excluding hydrogens is 379 g/mol. The van der Waals surface area contributed by atoms with Crippen LogP contribution in [-0.4, -0.2) is 11.4 Å². The first-order valence-electron chi connectivity index (χ1n) is 8.95. The highest BCUT2D eigenvalue weighted by molar-refractivity contribution is 6.52. The maximum atomic E-state index is 6.95. The molecule has 3 atom stereocenters. The highest BCUT2D eigenvalue weighted by atomic mass is 35.5. The van der Waals surface area contributed by atoms with Gasteiger partial charge < -0.3 is 9.47 Å². The lowest BCUT2D eigenvalue weighted by atomic mass is 9.82. The van der Waals surface area contributed by atoms with Crippen LogP contribution in [0.25, 0.3) is 0 Å². The molecule has 0 unspecified atom stereocenters. The van der Waals surface area contributed by atoms with Crippen molar-refractivity contribution in [2.75, 3.05) is 7.11 Å². The zero-order valence-electron chi connectivity index (χ0n) is 14.7. The quantitative estimate of drug-likeness (QED) is 0.511. The molecule has 0 radical (unpaired) electrons. The van der Waals surface area contributed by atoms with Gasteiger partial charge >= 0.3 is 0 Å². The average Bonchev–Trinajstić information content (AvgIpc) is 3.22. The van der Waals surface area contributed by atoms with Gasteiger partial charge in [0.2, 0.25) is 0 Å². The molecule has 0 amide bonds. The van der Waals surface area contributed by atoms with Crippen LogP contribution in [0.4, 0.5) is 0 Å². The third-order valence-electron chi connectivity index (χ3n) is 5.76. The first kappa shape index (κ1) is 17.0. The predicted octanol–water partition coefficient (Wildman–Crippen LogP) is 5.92. The van der Waals surface area contributed by atoms with E-state index in [9.17, 15) is 0 Å². The summed E-state index contributed by atoms with van der Waals surface area (Å²) in [6.07, 6.45) is 0. The Morgan fingerprint density at radius 3 is 2.30 bits per heavy atom. The Morgan fingerprint density at radius 2 is 1.52 bits per heavy atom. The normalized spacial score (nSPS) is 27.1. The zero-order chi connectivity index (χ0) is 18.6. The van der Waals surface area contributed by atoms with E-state index in [1.807, 2.05) is 60.7 Å². The number of halogens is 2. The summed E-state index contributed by atoms with van der Waals surface area (Å²) in [6, 6.07) is 26.3. The Labute approximate surface area is 168 Å². The molecule has 0 aromatic heterocycles. The van der Waals surface area contributed by atoms with Gasteiger partial charge in [0.05, 0.1) is 13.0 Å². The van der Waals surface area contributed by atoms with Crippen molar-refractivity contribution in [3.63, 3.8) is 0 Å². The molecule has 3 aromatic carbocycles. The van der Waals surface area contributed by atoms with Crippen molar-refractivity contribution in [2.24, 2.45) is 5.92 Å². The number of para-hydroxylation sites is 2. The number of methoxy groups -OCH3 is 1. The first-order valence-corrected chi connectivity index (χ1v) is 9.71. The molecule has 1 saturated carbocycles. The molecule has 27 heavy (non-hydrogen) atoms. The Kier molecular flexibility index (Phi) is 3.72. The second-order valence-electron chi connectivity index (χ2n) is 7.06. The maximum Gasteiger partial charge on any atom is 0.177 e. The van der Waals surface area contributed by atoms with E-state index in [-0.39, 0.29) is 11.8 Å². The second kappa shape index (κ2) is 5.92. The predicted molar refractivity (Wildman–Crippen MR) is 108 cm³/mol. The van der Waals surface area contributed by atoms with Crippen molar-refractivity contribution in [1.82, 2.24) is 0 Å². The van der Waals surface area contributed by atoms with Gasteiger partial charge in [-0.1, -0.05) is 89.9 Å². The largest absolute Gasteiger partial charge is 0.496 e. The fraction of sp³-hybridized carbons (Fsp3) is 0.217. The van der Waals surface area contributed by atoms with Gasteiger partial charge in [0.25, 0.3) is 0 Å². The minimum absolute atomic E-state index is 0.0380. The number of benzene rings is 3. The third kappa shape index (κ3) is 2.20. The zero-order valence-corrected chi connectivity index (χ0v) is 16.2. The van der Waals surface area contributed by atoms with Crippen molar-refractivity contribution in [3.8, 4) is 11.5 Å². The number of rotatable bonds is 3. The van der Waals surface area contributed by atoms with Crippen LogP contribution in [-0.2, 0) is 5.60 Å². The first-order chi connectivity index (χ1) is 13.1. The minimum Gasteiger partial charge on any atom is -0.496 e. The smallest absolute Gasteiger partial charge is 0.177 e. The van der Waals surface area contributed by atoms with Gasteiger partial charge in [-0.25, -0.2) is 0 Å². The van der Waals surface area contributed by atoms with Gasteiger partial charge in [0.15, 0.2) is 9.93 Å². The van der Waals surface area contributed by atoms with E-state index < -0.39 is 9.93 Å². The number of fused-ring (bicyclic) bond motifs is 2. The molecule has 2 aliphatic rings. The molecule has 1 aliphatic carbocycles. The molecule has 2 nitrogen and oxygen atoms in total. The summed E-state index contributed by atoms with van der Waals surface area (Å²) in [6.45, 7) is 0. The molecule has 0 saturated heterocycles. The lowest BCUT2D eigenvalue weighted by Gasteiger charge is -2.32. The van der Waals surface area contributed by atoms with E-state index in [4.69, 9.17) is 32.7 Å². The van der Waals surface area contributed by atoms with Gasteiger partial charge in [0.1, 0.15) is 11.5 Å². The average molecular weight is 397 g/mol. The maximum absolute atomic E-state index is 6.95. The summed E-state index contributed by atoms with van der Waals surface area (Å²) < 4.78 is 11.1. The topological polar surface area (TPSA) is 18.5 Å². The number of alkyl halides is 2. The van der Waals surface area contributed by atoms with E-state index in [0.29, 0.717) is 0 Å². The van der Waals surface area contributed by atoms with Crippen LogP contribution < -0.4 is 9.47 Å². The second-order valence-corrected chi connectivity index (χ2v) is 8.45. The van der Waals surface area contributed by atoms with Crippen molar-refractivity contribution < 1.29 is 9.47 Å². The standard InChI is InChI=1S/C23H18Cl2O2/c1-26-19-14-8-6-12-17(19)22-21(23(22,24)25)20(15-9-3-2-4-10-15)16-11-5-7-13-18(16)27-22/h2-14,20-21H,1H3/t20-,21-,22-/m1/s1. The van der Waals surface area contributed by atoms with E-state index in [1.165, 1.54) is 5.56 Å². The van der Waals surface area contributed by atoms with Gasteiger partial charge in [-0.3, -0.25) is 0 Å². The Morgan fingerprint density at radius 1 is 0.852 bits per heavy atom. The molecule has 3 aromatic rings.